The second kappa shape index (κ2) is 7.68. The van der Waals surface area contributed by atoms with E-state index < -0.39 is 11.6 Å². The largest absolute Gasteiger partial charge is 0.508 e. The van der Waals surface area contributed by atoms with Crippen LogP contribution in [0.1, 0.15) is 19.5 Å². The second-order valence-electron chi connectivity index (χ2n) is 5.65. The van der Waals surface area contributed by atoms with Gasteiger partial charge in [0, 0.05) is 36.5 Å². The summed E-state index contributed by atoms with van der Waals surface area (Å²) in [6, 6.07) is 5.89. The quantitative estimate of drug-likeness (QED) is 0.619. The third-order valence-electron chi connectivity index (χ3n) is 2.88. The van der Waals surface area contributed by atoms with E-state index in [1.165, 1.54) is 24.4 Å². The summed E-state index contributed by atoms with van der Waals surface area (Å²) in [6.45, 7) is 3.19. The van der Waals surface area contributed by atoms with Gasteiger partial charge in [0.05, 0.1) is 0 Å². The van der Waals surface area contributed by atoms with Crippen molar-refractivity contribution < 1.29 is 19.4 Å². The maximum absolute atomic E-state index is 11.9. The van der Waals surface area contributed by atoms with Gasteiger partial charge in [0.2, 0.25) is 0 Å². The summed E-state index contributed by atoms with van der Waals surface area (Å²) in [6.07, 6.45) is 1.76. The van der Waals surface area contributed by atoms with E-state index in [0.29, 0.717) is 11.4 Å². The van der Waals surface area contributed by atoms with Gasteiger partial charge >= 0.3 is 5.97 Å². The van der Waals surface area contributed by atoms with Crippen LogP contribution in [-0.4, -0.2) is 33.3 Å². The van der Waals surface area contributed by atoms with Crippen molar-refractivity contribution in [1.29, 1.82) is 0 Å². The molecule has 0 aliphatic heterocycles. The number of ether oxygens (including phenoxy) is 2. The minimum Gasteiger partial charge on any atom is -0.508 e. The first-order chi connectivity index (χ1) is 11.2. The molecule has 128 valence electrons. The van der Waals surface area contributed by atoms with Crippen LogP contribution in [0.2, 0.25) is 10.3 Å². The van der Waals surface area contributed by atoms with Crippen molar-refractivity contribution in [1.82, 2.24) is 9.97 Å². The van der Waals surface area contributed by atoms with Crippen molar-refractivity contribution in [2.45, 2.75) is 25.9 Å². The number of pyridine rings is 2. The van der Waals surface area contributed by atoms with Crippen molar-refractivity contribution in [2.24, 2.45) is 0 Å². The molecule has 2 aromatic rings. The number of halogens is 2. The molecular weight excluding hydrogens is 355 g/mol. The Labute approximate surface area is 149 Å². The third-order valence-corrected chi connectivity index (χ3v) is 3.28. The van der Waals surface area contributed by atoms with Crippen molar-refractivity contribution in [2.75, 3.05) is 6.61 Å². The average molecular weight is 371 g/mol. The van der Waals surface area contributed by atoms with Crippen molar-refractivity contribution in [3.63, 3.8) is 0 Å². The molecule has 0 saturated carbocycles. The highest BCUT2D eigenvalue weighted by atomic mass is 35.5. The number of esters is 1. The number of rotatable bonds is 6. The lowest BCUT2D eigenvalue weighted by Gasteiger charge is -2.25. The lowest BCUT2D eigenvalue weighted by atomic mass is 10.0. The highest BCUT2D eigenvalue weighted by Crippen LogP contribution is 2.22. The predicted molar refractivity (Wildman–Crippen MR) is 89.5 cm³/mol. The van der Waals surface area contributed by atoms with Crippen LogP contribution >= 0.6 is 23.2 Å². The molecular formula is C16H16Cl2N2O4. The van der Waals surface area contributed by atoms with Crippen LogP contribution in [0.15, 0.2) is 30.5 Å². The normalized spacial score (nSPS) is 11.2. The Balaban J connectivity index is 1.91. The van der Waals surface area contributed by atoms with Crippen LogP contribution in [0.5, 0.6) is 11.5 Å². The first kappa shape index (κ1) is 18.3. The molecule has 0 spiro atoms. The zero-order valence-corrected chi connectivity index (χ0v) is 14.6. The van der Waals surface area contributed by atoms with Gasteiger partial charge in [0.25, 0.3) is 0 Å². The number of aromatic nitrogens is 2. The summed E-state index contributed by atoms with van der Waals surface area (Å²) in [5.41, 5.74) is -0.333. The number of hydrogen-bond acceptors (Lipinski definition) is 6. The standard InChI is InChI=1S/C16H16Cl2N2O4/c1-16(2,8-10-5-11(21)6-14(18)20-10)24-15(22)9-23-12-3-4-19-13(17)7-12/h3-7H,8-9H2,1-2H3,(H,20,21). The first-order valence-corrected chi connectivity index (χ1v) is 7.81. The molecule has 0 saturated heterocycles. The SMILES string of the molecule is CC(C)(Cc1cc(O)cc(Cl)n1)OC(=O)COc1ccnc(Cl)c1. The van der Waals surface area contributed by atoms with Gasteiger partial charge in [-0.3, -0.25) is 0 Å². The Hall–Kier alpha value is -2.05. The number of carbonyl (C=O) groups is 1. The van der Waals surface area contributed by atoms with Crippen molar-refractivity contribution in [3.8, 4) is 11.5 Å². The first-order valence-electron chi connectivity index (χ1n) is 7.05. The van der Waals surface area contributed by atoms with E-state index >= 15 is 0 Å². The molecule has 0 bridgehead atoms. The second-order valence-corrected chi connectivity index (χ2v) is 6.43. The average Bonchev–Trinajstić information content (AvgIpc) is 2.43. The summed E-state index contributed by atoms with van der Waals surface area (Å²) >= 11 is 11.5. The summed E-state index contributed by atoms with van der Waals surface area (Å²) in [7, 11) is 0. The van der Waals surface area contributed by atoms with Gasteiger partial charge in [-0.25, -0.2) is 14.8 Å². The molecule has 0 aliphatic rings. The molecule has 0 fully saturated rings. The van der Waals surface area contributed by atoms with Crippen molar-refractivity contribution >= 4 is 29.2 Å². The molecule has 1 N–H and O–H groups in total. The Morgan fingerprint density at radius 3 is 2.67 bits per heavy atom. The van der Waals surface area contributed by atoms with E-state index in [-0.39, 0.29) is 29.1 Å². The third kappa shape index (κ3) is 5.86. The maximum atomic E-state index is 11.9. The Morgan fingerprint density at radius 1 is 1.25 bits per heavy atom. The van der Waals surface area contributed by atoms with Crippen LogP contribution in [0, 0.1) is 0 Å². The number of nitrogens with zero attached hydrogens (tertiary/aromatic N) is 2. The van der Waals surface area contributed by atoms with Gasteiger partial charge < -0.3 is 14.6 Å². The highest BCUT2D eigenvalue weighted by Gasteiger charge is 2.25. The Kier molecular flexibility index (Phi) is 5.85. The summed E-state index contributed by atoms with van der Waals surface area (Å²) < 4.78 is 10.7. The van der Waals surface area contributed by atoms with Crippen molar-refractivity contribution in [3.05, 3.63) is 46.5 Å². The molecule has 6 nitrogen and oxygen atoms in total. The Bertz CT molecular complexity index is 718. The van der Waals surface area contributed by atoms with Gasteiger partial charge in [-0.15, -0.1) is 0 Å². The van der Waals surface area contributed by atoms with Gasteiger partial charge in [-0.05, 0) is 19.9 Å². The highest BCUT2D eigenvalue weighted by molar-refractivity contribution is 6.29. The fourth-order valence-electron chi connectivity index (χ4n) is 2.05. The zero-order valence-electron chi connectivity index (χ0n) is 13.1. The molecule has 0 radical (unpaired) electrons. The number of carbonyl (C=O) groups excluding carboxylic acids is 1. The monoisotopic (exact) mass is 370 g/mol. The molecule has 2 heterocycles. The maximum Gasteiger partial charge on any atom is 0.344 e. The van der Waals surface area contributed by atoms with Gasteiger partial charge in [-0.1, -0.05) is 23.2 Å². The smallest absolute Gasteiger partial charge is 0.344 e. The van der Waals surface area contributed by atoms with E-state index in [1.807, 2.05) is 0 Å². The molecule has 0 atom stereocenters. The number of hydrogen-bond donors (Lipinski definition) is 1. The molecule has 8 heteroatoms. The van der Waals surface area contributed by atoms with E-state index in [4.69, 9.17) is 32.7 Å². The number of aromatic hydroxyl groups is 1. The van der Waals surface area contributed by atoms with Crippen LogP contribution in [0.3, 0.4) is 0 Å². The molecule has 2 aromatic heterocycles. The van der Waals surface area contributed by atoms with E-state index in [9.17, 15) is 9.90 Å². The van der Waals surface area contributed by atoms with Crippen LogP contribution in [-0.2, 0) is 16.0 Å². The minimum atomic E-state index is -0.847. The topological polar surface area (TPSA) is 81.5 Å². The van der Waals surface area contributed by atoms with Gasteiger partial charge in [0.15, 0.2) is 6.61 Å². The van der Waals surface area contributed by atoms with Gasteiger partial charge in [0.1, 0.15) is 27.4 Å². The summed E-state index contributed by atoms with van der Waals surface area (Å²) in [5.74, 6) is -0.115. The molecule has 0 unspecified atom stereocenters. The predicted octanol–water partition coefficient (Wildman–Crippen LogP) is 3.43. The summed E-state index contributed by atoms with van der Waals surface area (Å²) in [5, 5.41) is 9.98. The lowest BCUT2D eigenvalue weighted by molar-refractivity contribution is -0.158. The van der Waals surface area contributed by atoms with Crippen LogP contribution in [0.25, 0.3) is 0 Å². The fraction of sp³-hybridized carbons (Fsp3) is 0.312. The van der Waals surface area contributed by atoms with Crippen LogP contribution in [0.4, 0.5) is 0 Å². The van der Waals surface area contributed by atoms with Gasteiger partial charge in [-0.2, -0.15) is 0 Å². The molecule has 24 heavy (non-hydrogen) atoms. The van der Waals surface area contributed by atoms with E-state index in [2.05, 4.69) is 9.97 Å². The zero-order chi connectivity index (χ0) is 17.7. The van der Waals surface area contributed by atoms with E-state index in [1.54, 1.807) is 19.9 Å². The molecule has 0 aliphatic carbocycles. The molecule has 2 rings (SSSR count). The molecule has 0 aromatic carbocycles. The minimum absolute atomic E-state index is 0.00465. The Morgan fingerprint density at radius 2 is 2.00 bits per heavy atom. The lowest BCUT2D eigenvalue weighted by Crippen LogP contribution is -2.33. The molecule has 0 amide bonds. The summed E-state index contributed by atoms with van der Waals surface area (Å²) in [4.78, 5) is 19.9. The van der Waals surface area contributed by atoms with E-state index in [0.717, 1.165) is 0 Å². The fourth-order valence-corrected chi connectivity index (χ4v) is 2.44. The van der Waals surface area contributed by atoms with Crippen LogP contribution < -0.4 is 4.74 Å².